The Morgan fingerprint density at radius 2 is 1.83 bits per heavy atom. The van der Waals surface area contributed by atoms with E-state index in [4.69, 9.17) is 4.42 Å². The number of alkyl halides is 3. The zero-order valence-electron chi connectivity index (χ0n) is 15.3. The fourth-order valence-corrected chi connectivity index (χ4v) is 4.77. The van der Waals surface area contributed by atoms with Crippen LogP contribution in [0.25, 0.3) is 10.2 Å². The molecule has 0 saturated carbocycles. The smallest absolute Gasteiger partial charge is 0.437 e. The Morgan fingerprint density at radius 1 is 1.07 bits per heavy atom. The molecule has 0 bridgehead atoms. The number of carbonyl (C=O) groups is 1. The van der Waals surface area contributed by atoms with Crippen LogP contribution in [0.2, 0.25) is 0 Å². The molecular formula is C21H14F3N3O2S. The number of carbonyl (C=O) groups excluding carboxylic acids is 1. The molecule has 0 spiro atoms. The van der Waals surface area contributed by atoms with Gasteiger partial charge in [-0.25, -0.2) is 4.98 Å². The van der Waals surface area contributed by atoms with E-state index in [1.807, 2.05) is 0 Å². The Morgan fingerprint density at radius 3 is 2.57 bits per heavy atom. The molecule has 2 aromatic heterocycles. The second kappa shape index (κ2) is 6.60. The van der Waals surface area contributed by atoms with Gasteiger partial charge in [0.05, 0.1) is 28.6 Å². The first-order chi connectivity index (χ1) is 14.4. The van der Waals surface area contributed by atoms with Crippen LogP contribution in [0.15, 0.2) is 71.3 Å². The van der Waals surface area contributed by atoms with E-state index in [1.54, 1.807) is 42.5 Å². The van der Waals surface area contributed by atoms with Gasteiger partial charge in [0.25, 0.3) is 11.6 Å². The number of nitrogens with one attached hydrogen (secondary N) is 1. The van der Waals surface area contributed by atoms with E-state index < -0.39 is 17.7 Å². The predicted octanol–water partition coefficient (Wildman–Crippen LogP) is 5.37. The topological polar surface area (TPSA) is 58.4 Å². The lowest BCUT2D eigenvalue weighted by Crippen LogP contribution is -2.64. The molecule has 1 aliphatic rings. The molecule has 5 rings (SSSR count). The van der Waals surface area contributed by atoms with Crippen LogP contribution < -0.4 is 5.32 Å². The van der Waals surface area contributed by atoms with Crippen molar-refractivity contribution < 1.29 is 22.4 Å². The number of amides is 1. The van der Waals surface area contributed by atoms with E-state index in [9.17, 15) is 18.0 Å². The number of para-hydroxylation sites is 2. The van der Waals surface area contributed by atoms with Gasteiger partial charge in [-0.05, 0) is 36.4 Å². The summed E-state index contributed by atoms with van der Waals surface area (Å²) < 4.78 is 50.4. The number of hydrogen-bond donors (Lipinski definition) is 1. The zero-order valence-corrected chi connectivity index (χ0v) is 16.1. The second-order valence-corrected chi connectivity index (χ2v) is 7.87. The van der Waals surface area contributed by atoms with Crippen molar-refractivity contribution in [3.05, 3.63) is 83.3 Å². The number of halogens is 3. The van der Waals surface area contributed by atoms with Crippen LogP contribution in [0.4, 0.5) is 18.9 Å². The number of fused-ring (bicyclic) bond motifs is 2. The highest BCUT2D eigenvalue weighted by Gasteiger charge is 2.65. The van der Waals surface area contributed by atoms with Crippen LogP contribution in [0.3, 0.4) is 0 Å². The number of nitrogens with zero attached hydrogens (tertiary/aromatic N) is 2. The van der Waals surface area contributed by atoms with E-state index in [0.717, 1.165) is 16.2 Å². The molecule has 9 heteroatoms. The summed E-state index contributed by atoms with van der Waals surface area (Å²) in [5, 5.41) is 2.35. The van der Waals surface area contributed by atoms with Crippen LogP contribution in [-0.2, 0) is 12.2 Å². The number of benzene rings is 2. The van der Waals surface area contributed by atoms with Gasteiger partial charge in [0.15, 0.2) is 0 Å². The summed E-state index contributed by atoms with van der Waals surface area (Å²) in [5.41, 5.74) is -2.14. The lowest BCUT2D eigenvalue weighted by atomic mass is 9.98. The summed E-state index contributed by atoms with van der Waals surface area (Å²) in [6, 6.07) is 16.1. The SMILES string of the molecule is O=C1c2ccccc2N[C@](c2nc3ccccc3s2)(C(F)(F)F)N1Cc1ccco1. The van der Waals surface area contributed by atoms with E-state index in [1.165, 1.54) is 24.5 Å². The van der Waals surface area contributed by atoms with Crippen LogP contribution >= 0.6 is 11.3 Å². The van der Waals surface area contributed by atoms with Crippen molar-refractivity contribution in [2.24, 2.45) is 0 Å². The van der Waals surface area contributed by atoms with Crippen molar-refractivity contribution in [3.8, 4) is 0 Å². The van der Waals surface area contributed by atoms with Crippen molar-refractivity contribution in [1.29, 1.82) is 0 Å². The molecule has 5 nitrogen and oxygen atoms in total. The van der Waals surface area contributed by atoms with Gasteiger partial charge in [-0.3, -0.25) is 9.69 Å². The Balaban J connectivity index is 1.78. The minimum Gasteiger partial charge on any atom is -0.467 e. The summed E-state index contributed by atoms with van der Waals surface area (Å²) in [6.45, 7) is -0.372. The maximum Gasteiger partial charge on any atom is 0.437 e. The fourth-order valence-electron chi connectivity index (χ4n) is 3.63. The minimum absolute atomic E-state index is 0.106. The maximum atomic E-state index is 14.8. The monoisotopic (exact) mass is 429 g/mol. The van der Waals surface area contributed by atoms with Crippen molar-refractivity contribution in [3.63, 3.8) is 0 Å². The van der Waals surface area contributed by atoms with E-state index >= 15 is 0 Å². The quantitative estimate of drug-likeness (QED) is 0.476. The Kier molecular flexibility index (Phi) is 4.11. The van der Waals surface area contributed by atoms with E-state index in [0.29, 0.717) is 10.2 Å². The Bertz CT molecular complexity index is 1200. The summed E-state index contributed by atoms with van der Waals surface area (Å²) in [4.78, 5) is 18.3. The molecule has 30 heavy (non-hydrogen) atoms. The van der Waals surface area contributed by atoms with Gasteiger partial charge in [-0.2, -0.15) is 13.2 Å². The molecule has 0 unspecified atom stereocenters. The molecular weight excluding hydrogens is 415 g/mol. The average Bonchev–Trinajstić information content (AvgIpc) is 3.38. The molecule has 0 saturated heterocycles. The van der Waals surface area contributed by atoms with Crippen LogP contribution in [0.1, 0.15) is 21.1 Å². The molecule has 1 amide bonds. The standard InChI is InChI=1S/C21H14F3N3O2S/c22-21(23,24)20(19-25-16-9-3-4-10-17(16)30-19)26-15-8-2-1-7-14(15)18(28)27(20)12-13-6-5-11-29-13/h1-11,26H,12H2/t20-/m0/s1. The molecule has 2 aromatic carbocycles. The molecule has 1 aliphatic heterocycles. The third-order valence-corrected chi connectivity index (χ3v) is 6.18. The van der Waals surface area contributed by atoms with Gasteiger partial charge in [0, 0.05) is 5.69 Å². The van der Waals surface area contributed by atoms with Gasteiger partial charge < -0.3 is 9.73 Å². The number of thiazole rings is 1. The van der Waals surface area contributed by atoms with Gasteiger partial charge in [-0.1, -0.05) is 24.3 Å². The molecule has 0 radical (unpaired) electrons. The summed E-state index contributed by atoms with van der Waals surface area (Å²) in [5.74, 6) is -0.517. The van der Waals surface area contributed by atoms with Gasteiger partial charge in [0.1, 0.15) is 10.8 Å². The highest BCUT2D eigenvalue weighted by atomic mass is 32.1. The molecule has 152 valence electrons. The van der Waals surface area contributed by atoms with Gasteiger partial charge >= 0.3 is 6.18 Å². The van der Waals surface area contributed by atoms with Crippen LogP contribution in [0, 0.1) is 0 Å². The molecule has 0 fully saturated rings. The summed E-state index contributed by atoms with van der Waals surface area (Å²) in [7, 11) is 0. The second-order valence-electron chi connectivity index (χ2n) is 6.84. The van der Waals surface area contributed by atoms with Crippen molar-refractivity contribution in [2.75, 3.05) is 5.32 Å². The maximum absolute atomic E-state index is 14.8. The fraction of sp³-hybridized carbons (Fsp3) is 0.143. The first kappa shape index (κ1) is 18.7. The zero-order chi connectivity index (χ0) is 20.9. The number of furan rings is 1. The third-order valence-electron chi connectivity index (χ3n) is 5.03. The van der Waals surface area contributed by atoms with Crippen LogP contribution in [0.5, 0.6) is 0 Å². The summed E-state index contributed by atoms with van der Waals surface area (Å²) >= 11 is 0.904. The highest BCUT2D eigenvalue weighted by molar-refractivity contribution is 7.18. The van der Waals surface area contributed by atoms with Crippen molar-refractivity contribution in [2.45, 2.75) is 18.4 Å². The largest absolute Gasteiger partial charge is 0.467 e. The number of aromatic nitrogens is 1. The molecule has 0 aliphatic carbocycles. The third kappa shape index (κ3) is 2.69. The van der Waals surface area contributed by atoms with Crippen LogP contribution in [-0.4, -0.2) is 22.0 Å². The Labute approximate surface area is 172 Å². The number of hydrogen-bond acceptors (Lipinski definition) is 5. The first-order valence-electron chi connectivity index (χ1n) is 9.04. The molecule has 1 N–H and O–H groups in total. The minimum atomic E-state index is -4.86. The first-order valence-corrected chi connectivity index (χ1v) is 9.86. The normalized spacial score (nSPS) is 19.0. The summed E-state index contributed by atoms with van der Waals surface area (Å²) in [6.07, 6.45) is -3.51. The van der Waals surface area contributed by atoms with Gasteiger partial charge in [0.2, 0.25) is 0 Å². The number of rotatable bonds is 3. The van der Waals surface area contributed by atoms with E-state index in [-0.39, 0.29) is 28.6 Å². The van der Waals surface area contributed by atoms with Crippen molar-refractivity contribution in [1.82, 2.24) is 9.88 Å². The lowest BCUT2D eigenvalue weighted by molar-refractivity contribution is -0.221. The van der Waals surface area contributed by atoms with E-state index in [2.05, 4.69) is 10.3 Å². The molecule has 3 heterocycles. The Hall–Kier alpha value is -3.33. The van der Waals surface area contributed by atoms with Crippen molar-refractivity contribution >= 4 is 33.1 Å². The molecule has 1 atom stereocenters. The molecule has 4 aromatic rings. The van der Waals surface area contributed by atoms with Gasteiger partial charge in [-0.15, -0.1) is 11.3 Å². The number of anilines is 1. The lowest BCUT2D eigenvalue weighted by Gasteiger charge is -2.47. The average molecular weight is 429 g/mol. The predicted molar refractivity (Wildman–Crippen MR) is 106 cm³/mol. The highest BCUT2D eigenvalue weighted by Crippen LogP contribution is 2.50.